The molecular formula is C15H25NO4. The largest absolute Gasteiger partial charge is 0.481 e. The lowest BCUT2D eigenvalue weighted by atomic mass is 9.73. The fourth-order valence-corrected chi connectivity index (χ4v) is 3.56. The molecule has 1 amide bonds. The van der Waals surface area contributed by atoms with Crippen molar-refractivity contribution in [3.05, 3.63) is 0 Å². The molecule has 2 atom stereocenters. The average molecular weight is 283 g/mol. The van der Waals surface area contributed by atoms with E-state index in [0.717, 1.165) is 38.5 Å². The van der Waals surface area contributed by atoms with Crippen LogP contribution in [0, 0.1) is 5.92 Å². The van der Waals surface area contributed by atoms with Crippen LogP contribution in [-0.4, -0.2) is 35.2 Å². The number of nitrogens with one attached hydrogen (secondary N) is 1. The van der Waals surface area contributed by atoms with Crippen molar-refractivity contribution in [1.29, 1.82) is 0 Å². The first-order valence-electron chi connectivity index (χ1n) is 7.50. The van der Waals surface area contributed by atoms with Crippen molar-refractivity contribution in [3.8, 4) is 0 Å². The summed E-state index contributed by atoms with van der Waals surface area (Å²) in [6, 6.07) is 0. The van der Waals surface area contributed by atoms with Crippen molar-refractivity contribution in [3.63, 3.8) is 0 Å². The van der Waals surface area contributed by atoms with Gasteiger partial charge in [0, 0.05) is 7.11 Å². The van der Waals surface area contributed by atoms with E-state index in [0.29, 0.717) is 12.8 Å². The van der Waals surface area contributed by atoms with E-state index in [9.17, 15) is 14.7 Å². The van der Waals surface area contributed by atoms with Gasteiger partial charge in [-0.15, -0.1) is 0 Å². The quantitative estimate of drug-likeness (QED) is 0.810. The number of hydrogen-bond acceptors (Lipinski definition) is 3. The number of ether oxygens (including phenoxy) is 1. The number of carboxylic acids is 1. The molecule has 0 aromatic rings. The summed E-state index contributed by atoms with van der Waals surface area (Å²) in [6.07, 6.45) is 6.52. The number of carbonyl (C=O) groups is 2. The summed E-state index contributed by atoms with van der Waals surface area (Å²) in [4.78, 5) is 23.7. The van der Waals surface area contributed by atoms with Gasteiger partial charge in [0.1, 0.15) is 0 Å². The number of carboxylic acid groups (broad SMARTS) is 1. The Balaban J connectivity index is 1.99. The second-order valence-electron chi connectivity index (χ2n) is 6.52. The number of methoxy groups -OCH3 is 1. The van der Waals surface area contributed by atoms with Crippen molar-refractivity contribution >= 4 is 11.9 Å². The standard InChI is InChI=1S/C15H25NO4/c1-14(7-4-3-6-11(14)13(18)19)16-12(17)10-15(20-2)8-5-9-15/h11H,3-10H2,1-2H3,(H,16,17)(H,18,19). The first kappa shape index (κ1) is 15.3. The van der Waals surface area contributed by atoms with Crippen LogP contribution >= 0.6 is 0 Å². The molecule has 0 bridgehead atoms. The van der Waals surface area contributed by atoms with Crippen LogP contribution in [0.15, 0.2) is 0 Å². The van der Waals surface area contributed by atoms with Crippen LogP contribution in [0.3, 0.4) is 0 Å². The van der Waals surface area contributed by atoms with Crippen LogP contribution in [0.2, 0.25) is 0 Å². The molecule has 2 N–H and O–H groups in total. The van der Waals surface area contributed by atoms with E-state index >= 15 is 0 Å². The van der Waals surface area contributed by atoms with E-state index in [4.69, 9.17) is 4.74 Å². The third kappa shape index (κ3) is 2.97. The van der Waals surface area contributed by atoms with Crippen LogP contribution in [-0.2, 0) is 14.3 Å². The maximum atomic E-state index is 12.3. The number of rotatable bonds is 5. The van der Waals surface area contributed by atoms with Gasteiger partial charge in [0.05, 0.1) is 23.5 Å². The normalized spacial score (nSPS) is 32.2. The van der Waals surface area contributed by atoms with E-state index in [1.807, 2.05) is 6.92 Å². The van der Waals surface area contributed by atoms with Gasteiger partial charge in [-0.2, -0.15) is 0 Å². The minimum Gasteiger partial charge on any atom is -0.481 e. The van der Waals surface area contributed by atoms with E-state index in [1.54, 1.807) is 7.11 Å². The highest BCUT2D eigenvalue weighted by Crippen LogP contribution is 2.39. The molecule has 2 saturated carbocycles. The zero-order valence-electron chi connectivity index (χ0n) is 12.4. The summed E-state index contributed by atoms with van der Waals surface area (Å²) < 4.78 is 5.46. The second kappa shape index (κ2) is 5.72. The minimum absolute atomic E-state index is 0.0813. The molecule has 5 heteroatoms. The predicted octanol–water partition coefficient (Wildman–Crippen LogP) is 2.10. The summed E-state index contributed by atoms with van der Waals surface area (Å²) in [5, 5.41) is 12.3. The Kier molecular flexibility index (Phi) is 4.37. The Hall–Kier alpha value is -1.10. The van der Waals surface area contributed by atoms with Crippen molar-refractivity contribution in [2.75, 3.05) is 7.11 Å². The Morgan fingerprint density at radius 3 is 2.45 bits per heavy atom. The molecule has 0 saturated heterocycles. The lowest BCUT2D eigenvalue weighted by Gasteiger charge is -2.43. The molecule has 2 fully saturated rings. The van der Waals surface area contributed by atoms with Gasteiger partial charge >= 0.3 is 5.97 Å². The third-order valence-corrected chi connectivity index (χ3v) is 5.11. The van der Waals surface area contributed by atoms with E-state index in [2.05, 4.69) is 5.32 Å². The summed E-state index contributed by atoms with van der Waals surface area (Å²) in [5.41, 5.74) is -0.937. The molecule has 2 aliphatic rings. The average Bonchev–Trinajstić information content (AvgIpc) is 2.33. The fourth-order valence-electron chi connectivity index (χ4n) is 3.56. The fraction of sp³-hybridized carbons (Fsp3) is 0.867. The molecule has 0 aromatic heterocycles. The van der Waals surface area contributed by atoms with E-state index in [-0.39, 0.29) is 11.5 Å². The molecule has 2 rings (SSSR count). The molecule has 5 nitrogen and oxygen atoms in total. The number of amides is 1. The summed E-state index contributed by atoms with van der Waals surface area (Å²) >= 11 is 0. The maximum Gasteiger partial charge on any atom is 0.308 e. The monoisotopic (exact) mass is 283 g/mol. The van der Waals surface area contributed by atoms with Gasteiger partial charge in [-0.1, -0.05) is 12.8 Å². The van der Waals surface area contributed by atoms with Crippen LogP contribution in [0.1, 0.15) is 58.3 Å². The highest BCUT2D eigenvalue weighted by Gasteiger charge is 2.44. The van der Waals surface area contributed by atoms with Gasteiger partial charge < -0.3 is 15.2 Å². The summed E-state index contributed by atoms with van der Waals surface area (Å²) in [6.45, 7) is 1.86. The zero-order chi connectivity index (χ0) is 14.8. The Morgan fingerprint density at radius 2 is 1.95 bits per heavy atom. The van der Waals surface area contributed by atoms with Crippen molar-refractivity contribution in [2.45, 2.75) is 69.4 Å². The molecular weight excluding hydrogens is 258 g/mol. The lowest BCUT2D eigenvalue weighted by Crippen LogP contribution is -2.57. The molecule has 0 aromatic carbocycles. The predicted molar refractivity (Wildman–Crippen MR) is 74.3 cm³/mol. The third-order valence-electron chi connectivity index (χ3n) is 5.11. The Morgan fingerprint density at radius 1 is 1.25 bits per heavy atom. The van der Waals surface area contributed by atoms with Gasteiger partial charge in [0.2, 0.25) is 5.91 Å². The number of hydrogen-bond donors (Lipinski definition) is 2. The SMILES string of the molecule is COC1(CC(=O)NC2(C)CCCCC2C(=O)O)CCC1. The van der Waals surface area contributed by atoms with Crippen LogP contribution in [0.25, 0.3) is 0 Å². The maximum absolute atomic E-state index is 12.3. The topological polar surface area (TPSA) is 75.6 Å². The van der Waals surface area contributed by atoms with Gasteiger partial charge in [-0.25, -0.2) is 0 Å². The van der Waals surface area contributed by atoms with Gasteiger partial charge in [0.15, 0.2) is 0 Å². The van der Waals surface area contributed by atoms with Crippen molar-refractivity contribution < 1.29 is 19.4 Å². The molecule has 0 aliphatic heterocycles. The Labute approximate surface area is 120 Å². The lowest BCUT2D eigenvalue weighted by molar-refractivity contribution is -0.147. The van der Waals surface area contributed by atoms with Crippen LogP contribution in [0.5, 0.6) is 0 Å². The smallest absolute Gasteiger partial charge is 0.308 e. The summed E-state index contributed by atoms with van der Waals surface area (Å²) in [7, 11) is 1.65. The van der Waals surface area contributed by atoms with E-state index in [1.165, 1.54) is 0 Å². The molecule has 0 heterocycles. The minimum atomic E-state index is -0.808. The van der Waals surface area contributed by atoms with Crippen LogP contribution in [0.4, 0.5) is 0 Å². The van der Waals surface area contributed by atoms with Gasteiger partial charge in [0.25, 0.3) is 0 Å². The number of carbonyl (C=O) groups excluding carboxylic acids is 1. The highest BCUT2D eigenvalue weighted by molar-refractivity contribution is 5.80. The zero-order valence-corrected chi connectivity index (χ0v) is 12.4. The second-order valence-corrected chi connectivity index (χ2v) is 6.52. The molecule has 2 unspecified atom stereocenters. The molecule has 0 spiro atoms. The van der Waals surface area contributed by atoms with E-state index < -0.39 is 17.4 Å². The number of aliphatic carboxylic acids is 1. The van der Waals surface area contributed by atoms with Gasteiger partial charge in [-0.3, -0.25) is 9.59 Å². The van der Waals surface area contributed by atoms with Crippen molar-refractivity contribution in [1.82, 2.24) is 5.32 Å². The first-order valence-corrected chi connectivity index (χ1v) is 7.50. The van der Waals surface area contributed by atoms with Crippen molar-refractivity contribution in [2.24, 2.45) is 5.92 Å². The highest BCUT2D eigenvalue weighted by atomic mass is 16.5. The first-order chi connectivity index (χ1) is 9.41. The molecule has 2 aliphatic carbocycles. The molecule has 20 heavy (non-hydrogen) atoms. The van der Waals surface area contributed by atoms with Gasteiger partial charge in [-0.05, 0) is 39.0 Å². The molecule has 0 radical (unpaired) electrons. The summed E-state index contributed by atoms with van der Waals surface area (Å²) in [5.74, 6) is -1.38. The Bertz CT molecular complexity index is 386. The molecule has 114 valence electrons. The van der Waals surface area contributed by atoms with Crippen LogP contribution < -0.4 is 5.32 Å².